The van der Waals surface area contributed by atoms with E-state index < -0.39 is 0 Å². The molecular weight excluding hydrogens is 400 g/mol. The lowest BCUT2D eigenvalue weighted by Crippen LogP contribution is -2.18. The van der Waals surface area contributed by atoms with Crippen LogP contribution in [0.15, 0.2) is 45.6 Å². The van der Waals surface area contributed by atoms with Crippen LogP contribution in [-0.2, 0) is 11.3 Å². The number of methoxy groups -OCH3 is 1. The number of nitrogens with one attached hydrogen (secondary N) is 1. The molecule has 21 heavy (non-hydrogen) atoms. The van der Waals surface area contributed by atoms with E-state index in [-0.39, 0.29) is 0 Å². The van der Waals surface area contributed by atoms with E-state index in [1.54, 1.807) is 19.5 Å². The van der Waals surface area contributed by atoms with Crippen LogP contribution in [0.5, 0.6) is 11.5 Å². The van der Waals surface area contributed by atoms with Crippen LogP contribution >= 0.6 is 31.9 Å². The van der Waals surface area contributed by atoms with Crippen LogP contribution in [-0.4, -0.2) is 25.2 Å². The van der Waals surface area contributed by atoms with Crippen molar-refractivity contribution >= 4 is 31.9 Å². The summed E-state index contributed by atoms with van der Waals surface area (Å²) in [4.78, 5) is 4.10. The van der Waals surface area contributed by atoms with Gasteiger partial charge in [0.05, 0.1) is 12.8 Å². The highest BCUT2D eigenvalue weighted by Crippen LogP contribution is 2.28. The van der Waals surface area contributed by atoms with Gasteiger partial charge in [0.15, 0.2) is 0 Å². The lowest BCUT2D eigenvalue weighted by Gasteiger charge is -2.12. The first-order valence-corrected chi connectivity index (χ1v) is 8.04. The topological polar surface area (TPSA) is 43.4 Å². The van der Waals surface area contributed by atoms with Gasteiger partial charge in [-0.25, -0.2) is 0 Å². The van der Waals surface area contributed by atoms with Crippen LogP contribution in [0, 0.1) is 0 Å². The zero-order valence-corrected chi connectivity index (χ0v) is 14.8. The average Bonchev–Trinajstić information content (AvgIpc) is 2.46. The summed E-state index contributed by atoms with van der Waals surface area (Å²) in [5.74, 6) is 1.51. The molecule has 0 saturated heterocycles. The first-order valence-electron chi connectivity index (χ1n) is 6.45. The van der Waals surface area contributed by atoms with E-state index in [1.165, 1.54) is 0 Å². The molecule has 6 heteroatoms. The quantitative estimate of drug-likeness (QED) is 0.690. The van der Waals surface area contributed by atoms with Crippen molar-refractivity contribution in [1.82, 2.24) is 10.3 Å². The van der Waals surface area contributed by atoms with Gasteiger partial charge in [-0.1, -0.05) is 15.9 Å². The SMILES string of the molecule is COCCNCc1cc(Br)ccc1Oc1cncc(Br)c1. The number of benzene rings is 1. The Balaban J connectivity index is 2.10. The number of rotatable bonds is 7. The average molecular weight is 416 g/mol. The molecule has 0 spiro atoms. The fourth-order valence-corrected chi connectivity index (χ4v) is 2.51. The molecule has 0 amide bonds. The first-order chi connectivity index (χ1) is 10.2. The summed E-state index contributed by atoms with van der Waals surface area (Å²) in [7, 11) is 1.69. The summed E-state index contributed by atoms with van der Waals surface area (Å²) in [6, 6.07) is 7.83. The van der Waals surface area contributed by atoms with Crippen molar-refractivity contribution in [2.24, 2.45) is 0 Å². The lowest BCUT2D eigenvalue weighted by atomic mass is 10.2. The Bertz CT molecular complexity index is 594. The second-order valence-electron chi connectivity index (χ2n) is 4.36. The molecule has 0 bridgehead atoms. The molecule has 1 N–H and O–H groups in total. The fraction of sp³-hybridized carbons (Fsp3) is 0.267. The number of ether oxygens (including phenoxy) is 2. The minimum atomic E-state index is 0.680. The highest BCUT2D eigenvalue weighted by Gasteiger charge is 2.06. The summed E-state index contributed by atoms with van der Waals surface area (Å²) < 4.78 is 12.8. The molecular formula is C15H16Br2N2O2. The molecule has 2 rings (SSSR count). The zero-order chi connectivity index (χ0) is 15.1. The van der Waals surface area contributed by atoms with Gasteiger partial charge in [0.2, 0.25) is 0 Å². The van der Waals surface area contributed by atoms with Gasteiger partial charge in [-0.05, 0) is 40.2 Å². The number of hydrogen-bond donors (Lipinski definition) is 1. The standard InChI is InChI=1S/C15H16Br2N2O2/c1-20-5-4-18-8-11-6-12(16)2-3-15(11)21-14-7-13(17)9-19-10-14/h2-3,6-7,9-10,18H,4-5,8H2,1H3. The Morgan fingerprint density at radius 2 is 2.00 bits per heavy atom. The molecule has 1 aromatic carbocycles. The Kier molecular flexibility index (Phi) is 6.63. The Hall–Kier alpha value is -0.950. The summed E-state index contributed by atoms with van der Waals surface area (Å²) in [5.41, 5.74) is 1.07. The van der Waals surface area contributed by atoms with Crippen molar-refractivity contribution in [3.8, 4) is 11.5 Å². The first kappa shape index (κ1) is 16.4. The van der Waals surface area contributed by atoms with Crippen LogP contribution in [0.2, 0.25) is 0 Å². The summed E-state index contributed by atoms with van der Waals surface area (Å²) in [6.07, 6.45) is 3.41. The third-order valence-electron chi connectivity index (χ3n) is 2.73. The molecule has 1 heterocycles. The Morgan fingerprint density at radius 1 is 1.14 bits per heavy atom. The lowest BCUT2D eigenvalue weighted by molar-refractivity contribution is 0.199. The van der Waals surface area contributed by atoms with Gasteiger partial charge in [0.1, 0.15) is 11.5 Å². The number of hydrogen-bond acceptors (Lipinski definition) is 4. The number of pyridine rings is 1. The smallest absolute Gasteiger partial charge is 0.146 e. The number of nitrogens with zero attached hydrogens (tertiary/aromatic N) is 1. The molecule has 4 nitrogen and oxygen atoms in total. The van der Waals surface area contributed by atoms with Crippen molar-refractivity contribution in [2.75, 3.05) is 20.3 Å². The van der Waals surface area contributed by atoms with Gasteiger partial charge >= 0.3 is 0 Å². The maximum atomic E-state index is 5.92. The van der Waals surface area contributed by atoms with Crippen LogP contribution in [0.3, 0.4) is 0 Å². The van der Waals surface area contributed by atoms with Crippen molar-refractivity contribution in [3.05, 3.63) is 51.2 Å². The molecule has 0 atom stereocenters. The van der Waals surface area contributed by atoms with Crippen molar-refractivity contribution in [1.29, 1.82) is 0 Å². The molecule has 0 unspecified atom stereocenters. The second-order valence-corrected chi connectivity index (χ2v) is 6.19. The van der Waals surface area contributed by atoms with Crippen molar-refractivity contribution in [3.63, 3.8) is 0 Å². The Labute approximate surface area is 141 Å². The minimum Gasteiger partial charge on any atom is -0.455 e. The van der Waals surface area contributed by atoms with E-state index in [0.717, 1.165) is 26.8 Å². The number of halogens is 2. The highest BCUT2D eigenvalue weighted by molar-refractivity contribution is 9.10. The molecule has 112 valence electrons. The normalized spacial score (nSPS) is 10.6. The van der Waals surface area contributed by atoms with E-state index in [4.69, 9.17) is 9.47 Å². The van der Waals surface area contributed by atoms with E-state index >= 15 is 0 Å². The van der Waals surface area contributed by atoms with E-state index in [2.05, 4.69) is 42.2 Å². The van der Waals surface area contributed by atoms with Crippen LogP contribution in [0.4, 0.5) is 0 Å². The van der Waals surface area contributed by atoms with E-state index in [9.17, 15) is 0 Å². The van der Waals surface area contributed by atoms with Gasteiger partial charge < -0.3 is 14.8 Å². The van der Waals surface area contributed by atoms with E-state index in [1.807, 2.05) is 24.3 Å². The molecule has 0 radical (unpaired) electrons. The number of aromatic nitrogens is 1. The third-order valence-corrected chi connectivity index (χ3v) is 3.66. The molecule has 1 aromatic heterocycles. The highest BCUT2D eigenvalue weighted by atomic mass is 79.9. The Morgan fingerprint density at radius 3 is 2.76 bits per heavy atom. The molecule has 2 aromatic rings. The van der Waals surface area contributed by atoms with Gasteiger partial charge in [-0.15, -0.1) is 0 Å². The molecule has 0 aliphatic heterocycles. The van der Waals surface area contributed by atoms with Gasteiger partial charge in [-0.2, -0.15) is 0 Å². The fourth-order valence-electron chi connectivity index (χ4n) is 1.76. The maximum absolute atomic E-state index is 5.92. The maximum Gasteiger partial charge on any atom is 0.146 e. The van der Waals surface area contributed by atoms with Crippen LogP contribution in [0.25, 0.3) is 0 Å². The third kappa shape index (κ3) is 5.39. The monoisotopic (exact) mass is 414 g/mol. The largest absolute Gasteiger partial charge is 0.455 e. The molecule has 0 aliphatic carbocycles. The van der Waals surface area contributed by atoms with Crippen molar-refractivity contribution < 1.29 is 9.47 Å². The second kappa shape index (κ2) is 8.48. The van der Waals surface area contributed by atoms with Gasteiger partial charge in [-0.3, -0.25) is 4.98 Å². The van der Waals surface area contributed by atoms with Crippen LogP contribution < -0.4 is 10.1 Å². The molecule has 0 saturated carbocycles. The van der Waals surface area contributed by atoms with E-state index in [0.29, 0.717) is 18.9 Å². The summed E-state index contributed by atoms with van der Waals surface area (Å²) in [5, 5.41) is 3.32. The predicted octanol–water partition coefficient (Wildman–Crippen LogP) is 4.13. The minimum absolute atomic E-state index is 0.680. The van der Waals surface area contributed by atoms with Crippen molar-refractivity contribution in [2.45, 2.75) is 6.54 Å². The van der Waals surface area contributed by atoms with Gasteiger partial charge in [0.25, 0.3) is 0 Å². The molecule has 0 aliphatic rings. The predicted molar refractivity (Wildman–Crippen MR) is 89.7 cm³/mol. The summed E-state index contributed by atoms with van der Waals surface area (Å²) >= 11 is 6.88. The zero-order valence-electron chi connectivity index (χ0n) is 11.6. The summed E-state index contributed by atoms with van der Waals surface area (Å²) in [6.45, 7) is 2.18. The molecule has 0 fully saturated rings. The van der Waals surface area contributed by atoms with Gasteiger partial charge in [0, 0.05) is 40.9 Å². The van der Waals surface area contributed by atoms with Crippen LogP contribution in [0.1, 0.15) is 5.56 Å².